The molecule has 3 heterocycles. The number of hydrogen-bond acceptors (Lipinski definition) is 2. The highest BCUT2D eigenvalue weighted by molar-refractivity contribution is 5.93. The average Bonchev–Trinajstić information content (AvgIpc) is 2.93. The van der Waals surface area contributed by atoms with Gasteiger partial charge in [0.25, 0.3) is 0 Å². The Balaban J connectivity index is 0.00000113. The SMILES string of the molecule is Cc1cnc(C)n2c1c(CCN1CCCCC1)c1ccccc12.Cl.Cl. The summed E-state index contributed by atoms with van der Waals surface area (Å²) >= 11 is 0. The fourth-order valence-electron chi connectivity index (χ4n) is 4.07. The first kappa shape index (κ1) is 20.0. The summed E-state index contributed by atoms with van der Waals surface area (Å²) in [5.41, 5.74) is 5.44. The standard InChI is InChI=1S/C20H25N3.2ClH/c1-15-14-21-16(2)23-19-9-5-4-8-17(19)18(20(15)23)10-13-22-11-6-3-7-12-22;;/h4-5,8-9,14H,3,6-7,10-13H2,1-2H3;2*1H. The topological polar surface area (TPSA) is 20.5 Å². The molecule has 5 heteroatoms. The zero-order valence-electron chi connectivity index (χ0n) is 15.0. The van der Waals surface area contributed by atoms with Crippen LogP contribution in [-0.4, -0.2) is 33.9 Å². The Morgan fingerprint density at radius 1 is 1.00 bits per heavy atom. The lowest BCUT2D eigenvalue weighted by molar-refractivity contribution is 0.232. The fraction of sp³-hybridized carbons (Fsp3) is 0.450. The Morgan fingerprint density at radius 2 is 1.72 bits per heavy atom. The van der Waals surface area contributed by atoms with Crippen molar-refractivity contribution in [2.75, 3.05) is 19.6 Å². The van der Waals surface area contributed by atoms with Gasteiger partial charge in [-0.2, -0.15) is 0 Å². The van der Waals surface area contributed by atoms with E-state index in [0.29, 0.717) is 0 Å². The first-order valence-corrected chi connectivity index (χ1v) is 8.82. The van der Waals surface area contributed by atoms with E-state index in [0.717, 1.165) is 12.2 Å². The van der Waals surface area contributed by atoms with E-state index in [1.54, 1.807) is 0 Å². The fourth-order valence-corrected chi connectivity index (χ4v) is 4.07. The number of nitrogens with zero attached hydrogens (tertiary/aromatic N) is 3. The first-order chi connectivity index (χ1) is 11.3. The largest absolute Gasteiger partial charge is 0.303 e. The van der Waals surface area contributed by atoms with Crippen molar-refractivity contribution in [3.63, 3.8) is 0 Å². The van der Waals surface area contributed by atoms with Gasteiger partial charge in [0.1, 0.15) is 5.82 Å². The molecule has 1 fully saturated rings. The number of fused-ring (bicyclic) bond motifs is 3. The maximum absolute atomic E-state index is 4.57. The maximum Gasteiger partial charge on any atom is 0.110 e. The lowest BCUT2D eigenvalue weighted by atomic mass is 10.1. The van der Waals surface area contributed by atoms with Crippen molar-refractivity contribution in [3.05, 3.63) is 47.4 Å². The van der Waals surface area contributed by atoms with Crippen LogP contribution in [0.25, 0.3) is 16.4 Å². The summed E-state index contributed by atoms with van der Waals surface area (Å²) in [7, 11) is 0. The van der Waals surface area contributed by atoms with Crippen LogP contribution in [0.2, 0.25) is 0 Å². The number of halogens is 2. The number of para-hydroxylation sites is 1. The van der Waals surface area contributed by atoms with Gasteiger partial charge in [-0.05, 0) is 63.4 Å². The predicted octanol–water partition coefficient (Wildman–Crippen LogP) is 4.98. The van der Waals surface area contributed by atoms with Gasteiger partial charge in [-0.1, -0.05) is 24.6 Å². The molecule has 0 atom stereocenters. The first-order valence-electron chi connectivity index (χ1n) is 8.82. The molecule has 0 spiro atoms. The normalized spacial score (nSPS) is 15.1. The summed E-state index contributed by atoms with van der Waals surface area (Å²) in [6, 6.07) is 8.78. The van der Waals surface area contributed by atoms with Gasteiger partial charge in [0.2, 0.25) is 0 Å². The average molecular weight is 380 g/mol. The molecule has 2 aromatic heterocycles. The highest BCUT2D eigenvalue weighted by Gasteiger charge is 2.17. The lowest BCUT2D eigenvalue weighted by Crippen LogP contribution is -2.31. The summed E-state index contributed by atoms with van der Waals surface area (Å²) < 4.78 is 2.34. The molecule has 4 rings (SSSR count). The molecule has 3 aromatic rings. The van der Waals surface area contributed by atoms with E-state index in [1.165, 1.54) is 66.4 Å². The van der Waals surface area contributed by atoms with Crippen LogP contribution in [0, 0.1) is 13.8 Å². The van der Waals surface area contributed by atoms with Crippen LogP contribution in [0.5, 0.6) is 0 Å². The van der Waals surface area contributed by atoms with Gasteiger partial charge in [0.05, 0.1) is 11.0 Å². The lowest BCUT2D eigenvalue weighted by Gasteiger charge is -2.26. The van der Waals surface area contributed by atoms with Gasteiger partial charge in [0, 0.05) is 18.1 Å². The minimum atomic E-state index is 0. The third-order valence-corrected chi connectivity index (χ3v) is 5.25. The molecule has 1 saturated heterocycles. The highest BCUT2D eigenvalue weighted by Crippen LogP contribution is 2.30. The number of likely N-dealkylation sites (tertiary alicyclic amines) is 1. The Labute approximate surface area is 162 Å². The Bertz CT molecular complexity index is 851. The second kappa shape index (κ2) is 8.39. The molecular weight excluding hydrogens is 353 g/mol. The van der Waals surface area contributed by atoms with Crippen molar-refractivity contribution in [3.8, 4) is 0 Å². The minimum Gasteiger partial charge on any atom is -0.303 e. The van der Waals surface area contributed by atoms with Gasteiger partial charge in [0.15, 0.2) is 0 Å². The molecule has 0 N–H and O–H groups in total. The maximum atomic E-state index is 4.57. The summed E-state index contributed by atoms with van der Waals surface area (Å²) in [5, 5.41) is 1.39. The number of piperidine rings is 1. The molecule has 1 aliphatic rings. The Hall–Kier alpha value is -1.29. The second-order valence-corrected chi connectivity index (χ2v) is 6.82. The Kier molecular flexibility index (Phi) is 6.72. The summed E-state index contributed by atoms with van der Waals surface area (Å²) in [4.78, 5) is 7.20. The smallest absolute Gasteiger partial charge is 0.110 e. The van der Waals surface area contributed by atoms with E-state index in [2.05, 4.69) is 52.4 Å². The van der Waals surface area contributed by atoms with Crippen molar-refractivity contribution in [1.29, 1.82) is 0 Å². The van der Waals surface area contributed by atoms with E-state index >= 15 is 0 Å². The van der Waals surface area contributed by atoms with Gasteiger partial charge in [-0.25, -0.2) is 4.98 Å². The molecule has 0 saturated carbocycles. The van der Waals surface area contributed by atoms with Gasteiger partial charge < -0.3 is 4.90 Å². The van der Waals surface area contributed by atoms with Crippen molar-refractivity contribution >= 4 is 41.2 Å². The van der Waals surface area contributed by atoms with E-state index < -0.39 is 0 Å². The molecule has 0 unspecified atom stereocenters. The molecule has 0 bridgehead atoms. The molecule has 136 valence electrons. The van der Waals surface area contributed by atoms with Crippen LogP contribution in [0.4, 0.5) is 0 Å². The highest BCUT2D eigenvalue weighted by atomic mass is 35.5. The second-order valence-electron chi connectivity index (χ2n) is 6.82. The number of rotatable bonds is 3. The van der Waals surface area contributed by atoms with Crippen molar-refractivity contribution in [2.24, 2.45) is 0 Å². The van der Waals surface area contributed by atoms with Crippen LogP contribution in [0.3, 0.4) is 0 Å². The van der Waals surface area contributed by atoms with Crippen LogP contribution in [-0.2, 0) is 6.42 Å². The van der Waals surface area contributed by atoms with Crippen LogP contribution in [0.1, 0.15) is 36.2 Å². The summed E-state index contributed by atoms with van der Waals surface area (Å²) in [5.74, 6) is 1.08. The minimum absolute atomic E-state index is 0. The van der Waals surface area contributed by atoms with E-state index in [9.17, 15) is 0 Å². The van der Waals surface area contributed by atoms with Crippen LogP contribution in [0.15, 0.2) is 30.5 Å². The molecule has 0 amide bonds. The molecule has 0 aliphatic carbocycles. The van der Waals surface area contributed by atoms with Gasteiger partial charge >= 0.3 is 0 Å². The molecular formula is C20H27Cl2N3. The van der Waals surface area contributed by atoms with E-state index in [-0.39, 0.29) is 24.8 Å². The number of hydrogen-bond donors (Lipinski definition) is 0. The van der Waals surface area contributed by atoms with Crippen molar-refractivity contribution in [1.82, 2.24) is 14.3 Å². The van der Waals surface area contributed by atoms with Crippen molar-refractivity contribution in [2.45, 2.75) is 39.5 Å². The van der Waals surface area contributed by atoms with E-state index in [4.69, 9.17) is 0 Å². The van der Waals surface area contributed by atoms with Gasteiger partial charge in [-0.15, -0.1) is 24.8 Å². The summed E-state index contributed by atoms with van der Waals surface area (Å²) in [6.45, 7) is 8.00. The number of benzene rings is 1. The molecule has 25 heavy (non-hydrogen) atoms. The molecule has 3 nitrogen and oxygen atoms in total. The quantitative estimate of drug-likeness (QED) is 0.639. The third kappa shape index (κ3) is 3.64. The molecule has 0 radical (unpaired) electrons. The van der Waals surface area contributed by atoms with Crippen LogP contribution < -0.4 is 0 Å². The molecule has 1 aromatic carbocycles. The zero-order valence-corrected chi connectivity index (χ0v) is 16.6. The summed E-state index contributed by atoms with van der Waals surface area (Å²) in [6.07, 6.45) is 7.27. The van der Waals surface area contributed by atoms with Crippen molar-refractivity contribution < 1.29 is 0 Å². The molecule has 1 aliphatic heterocycles. The predicted molar refractivity (Wildman–Crippen MR) is 111 cm³/mol. The monoisotopic (exact) mass is 379 g/mol. The van der Waals surface area contributed by atoms with Gasteiger partial charge in [-0.3, -0.25) is 4.40 Å². The Morgan fingerprint density at radius 3 is 2.48 bits per heavy atom. The third-order valence-electron chi connectivity index (χ3n) is 5.25. The number of aromatic nitrogens is 2. The van der Waals surface area contributed by atoms with E-state index in [1.807, 2.05) is 6.20 Å². The zero-order chi connectivity index (χ0) is 15.8. The van der Waals surface area contributed by atoms with Crippen LogP contribution >= 0.6 is 24.8 Å². The number of aryl methyl sites for hydroxylation is 2.